The molecule has 1 amide bonds. The van der Waals surface area contributed by atoms with Gasteiger partial charge in [-0.15, -0.1) is 24.0 Å². The first-order valence-electron chi connectivity index (χ1n) is 10.9. The summed E-state index contributed by atoms with van der Waals surface area (Å²) in [6, 6.07) is 7.87. The lowest BCUT2D eigenvalue weighted by atomic mass is 10.1. The maximum Gasteiger partial charge on any atom is 0.257 e. The number of nitrogens with zero attached hydrogens (tertiary/aromatic N) is 3. The van der Waals surface area contributed by atoms with Gasteiger partial charge >= 0.3 is 0 Å². The van der Waals surface area contributed by atoms with Gasteiger partial charge in [-0.05, 0) is 64.3 Å². The van der Waals surface area contributed by atoms with Crippen molar-refractivity contribution in [3.8, 4) is 5.75 Å². The summed E-state index contributed by atoms with van der Waals surface area (Å²) in [6.07, 6.45) is 0.874. The first kappa shape index (κ1) is 27.7. The van der Waals surface area contributed by atoms with E-state index in [1.165, 1.54) is 11.3 Å². The van der Waals surface area contributed by atoms with Gasteiger partial charge in [-0.3, -0.25) is 9.48 Å². The monoisotopic (exact) mass is 556 g/mol. The minimum atomic E-state index is -0.127. The normalized spacial score (nSPS) is 12.0. The number of carbonyl (C=O) groups excluding carboxylic acids is 1. The van der Waals surface area contributed by atoms with Crippen LogP contribution in [-0.2, 0) is 24.8 Å². The van der Waals surface area contributed by atoms with Crippen LogP contribution in [0.3, 0.4) is 0 Å². The third-order valence-corrected chi connectivity index (χ3v) is 4.96. The molecule has 1 aromatic heterocycles. The van der Waals surface area contributed by atoms with Crippen LogP contribution in [0.25, 0.3) is 0 Å². The summed E-state index contributed by atoms with van der Waals surface area (Å²) in [4.78, 5) is 16.3. The fourth-order valence-electron chi connectivity index (χ4n) is 3.32. The summed E-state index contributed by atoms with van der Waals surface area (Å²) in [5.74, 6) is 1.30. The van der Waals surface area contributed by atoms with E-state index in [-0.39, 0.29) is 42.5 Å². The summed E-state index contributed by atoms with van der Waals surface area (Å²) < 4.78 is 7.50. The minimum Gasteiger partial charge on any atom is -0.484 e. The third-order valence-electron chi connectivity index (χ3n) is 4.96. The SMILES string of the molecule is CCNC(=O)COc1cccc(CN=C(NCC)NC(C)Cc2c(C)nn(C)c2C)c1.I. The summed E-state index contributed by atoms with van der Waals surface area (Å²) in [5.41, 5.74) is 4.55. The minimum absolute atomic E-state index is 0. The average Bonchev–Trinajstić information content (AvgIpc) is 2.97. The molecule has 3 N–H and O–H groups in total. The third kappa shape index (κ3) is 8.68. The van der Waals surface area contributed by atoms with E-state index in [1.807, 2.05) is 49.8 Å². The highest BCUT2D eigenvalue weighted by atomic mass is 127. The van der Waals surface area contributed by atoms with Crippen LogP contribution < -0.4 is 20.7 Å². The molecule has 0 aliphatic heterocycles. The van der Waals surface area contributed by atoms with Crippen LogP contribution in [0, 0.1) is 13.8 Å². The number of nitrogens with one attached hydrogen (secondary N) is 3. The molecule has 0 saturated heterocycles. The van der Waals surface area contributed by atoms with E-state index < -0.39 is 0 Å². The van der Waals surface area contributed by atoms with Gasteiger partial charge in [0.15, 0.2) is 12.6 Å². The lowest BCUT2D eigenvalue weighted by Crippen LogP contribution is -2.43. The molecule has 1 atom stereocenters. The summed E-state index contributed by atoms with van der Waals surface area (Å²) in [7, 11) is 1.98. The molecule has 0 saturated carbocycles. The van der Waals surface area contributed by atoms with Crippen LogP contribution in [0.1, 0.15) is 43.3 Å². The Hall–Kier alpha value is -2.30. The van der Waals surface area contributed by atoms with Gasteiger partial charge in [0, 0.05) is 31.9 Å². The number of likely N-dealkylation sites (N-methyl/N-ethyl adjacent to an activating group) is 1. The number of guanidine groups is 1. The van der Waals surface area contributed by atoms with Gasteiger partial charge in [-0.25, -0.2) is 4.99 Å². The van der Waals surface area contributed by atoms with Crippen LogP contribution >= 0.6 is 24.0 Å². The van der Waals surface area contributed by atoms with Gasteiger partial charge in [0.05, 0.1) is 12.2 Å². The molecule has 0 aliphatic carbocycles. The Balaban J connectivity index is 0.00000512. The van der Waals surface area contributed by atoms with E-state index in [0.717, 1.165) is 30.2 Å². The molecule has 1 aromatic carbocycles. The molecule has 9 heteroatoms. The number of ether oxygens (including phenoxy) is 1. The highest BCUT2D eigenvalue weighted by Crippen LogP contribution is 2.15. The van der Waals surface area contributed by atoms with Gasteiger partial charge in [0.25, 0.3) is 5.91 Å². The standard InChI is InChI=1S/C23H36N6O2.HI/c1-7-24-22(30)15-31-20-11-9-10-19(13-20)14-26-23(25-8-2)27-16(3)12-21-17(4)28-29(6)18(21)5;/h9-11,13,16H,7-8,12,14-15H2,1-6H3,(H,24,30)(H2,25,26,27);1H. The lowest BCUT2D eigenvalue weighted by molar-refractivity contribution is -0.122. The maximum absolute atomic E-state index is 11.6. The molecule has 1 unspecified atom stereocenters. The number of rotatable bonds is 10. The van der Waals surface area contributed by atoms with Crippen LogP contribution in [0.2, 0.25) is 0 Å². The number of hydrogen-bond acceptors (Lipinski definition) is 4. The van der Waals surface area contributed by atoms with Crippen LogP contribution in [-0.4, -0.2) is 47.4 Å². The average molecular weight is 556 g/mol. The quantitative estimate of drug-likeness (QED) is 0.238. The molecular weight excluding hydrogens is 519 g/mol. The molecular formula is C23H37IN6O2. The second-order valence-electron chi connectivity index (χ2n) is 7.61. The van der Waals surface area contributed by atoms with Gasteiger partial charge in [0.2, 0.25) is 0 Å². The van der Waals surface area contributed by atoms with Gasteiger partial charge in [-0.1, -0.05) is 12.1 Å². The molecule has 2 rings (SSSR count). The lowest BCUT2D eigenvalue weighted by Gasteiger charge is -2.18. The van der Waals surface area contributed by atoms with E-state index in [0.29, 0.717) is 18.8 Å². The van der Waals surface area contributed by atoms with Crippen LogP contribution in [0.15, 0.2) is 29.3 Å². The number of aliphatic imine (C=N–C) groups is 1. The highest BCUT2D eigenvalue weighted by molar-refractivity contribution is 14.0. The molecule has 8 nitrogen and oxygen atoms in total. The molecule has 0 bridgehead atoms. The predicted octanol–water partition coefficient (Wildman–Crippen LogP) is 2.86. The van der Waals surface area contributed by atoms with E-state index >= 15 is 0 Å². The Morgan fingerprint density at radius 1 is 1.22 bits per heavy atom. The van der Waals surface area contributed by atoms with Gasteiger partial charge in [-0.2, -0.15) is 5.10 Å². The fourth-order valence-corrected chi connectivity index (χ4v) is 3.32. The van der Waals surface area contributed by atoms with Crippen molar-refractivity contribution >= 4 is 35.8 Å². The van der Waals surface area contributed by atoms with E-state index in [9.17, 15) is 4.79 Å². The van der Waals surface area contributed by atoms with Crippen molar-refractivity contribution in [1.82, 2.24) is 25.7 Å². The molecule has 32 heavy (non-hydrogen) atoms. The van der Waals surface area contributed by atoms with E-state index in [4.69, 9.17) is 9.73 Å². The number of carbonyl (C=O) groups is 1. The zero-order valence-electron chi connectivity index (χ0n) is 20.0. The Morgan fingerprint density at radius 2 is 1.94 bits per heavy atom. The second kappa shape index (κ2) is 14.0. The highest BCUT2D eigenvalue weighted by Gasteiger charge is 2.14. The summed E-state index contributed by atoms with van der Waals surface area (Å²) >= 11 is 0. The number of hydrogen-bond donors (Lipinski definition) is 3. The number of aromatic nitrogens is 2. The van der Waals surface area contributed by atoms with Crippen molar-refractivity contribution in [2.75, 3.05) is 19.7 Å². The fraction of sp³-hybridized carbons (Fsp3) is 0.522. The Kier molecular flexibility index (Phi) is 12.1. The Labute approximate surface area is 208 Å². The second-order valence-corrected chi connectivity index (χ2v) is 7.61. The smallest absolute Gasteiger partial charge is 0.257 e. The Bertz CT molecular complexity index is 897. The largest absolute Gasteiger partial charge is 0.484 e. The molecule has 1 heterocycles. The van der Waals surface area contributed by atoms with Crippen molar-refractivity contribution in [2.24, 2.45) is 12.0 Å². The van der Waals surface area contributed by atoms with Crippen molar-refractivity contribution < 1.29 is 9.53 Å². The summed E-state index contributed by atoms with van der Waals surface area (Å²) in [6.45, 7) is 12.1. The topological polar surface area (TPSA) is 92.6 Å². The number of amides is 1. The molecule has 0 aliphatic rings. The van der Waals surface area contributed by atoms with Crippen molar-refractivity contribution in [3.63, 3.8) is 0 Å². The number of benzene rings is 1. The van der Waals surface area contributed by atoms with Gasteiger partial charge < -0.3 is 20.7 Å². The zero-order valence-corrected chi connectivity index (χ0v) is 22.3. The van der Waals surface area contributed by atoms with Crippen LogP contribution in [0.5, 0.6) is 5.75 Å². The molecule has 0 spiro atoms. The summed E-state index contributed by atoms with van der Waals surface area (Å²) in [5, 5.41) is 14.0. The Morgan fingerprint density at radius 3 is 2.56 bits per heavy atom. The zero-order chi connectivity index (χ0) is 22.8. The number of halogens is 1. The van der Waals surface area contributed by atoms with E-state index in [2.05, 4.69) is 41.8 Å². The molecule has 2 aromatic rings. The predicted molar refractivity (Wildman–Crippen MR) is 140 cm³/mol. The molecule has 0 radical (unpaired) electrons. The van der Waals surface area contributed by atoms with Crippen molar-refractivity contribution in [3.05, 3.63) is 46.8 Å². The first-order chi connectivity index (χ1) is 14.8. The number of aryl methyl sites for hydroxylation is 2. The first-order valence-corrected chi connectivity index (χ1v) is 10.9. The van der Waals surface area contributed by atoms with Crippen molar-refractivity contribution in [1.29, 1.82) is 0 Å². The van der Waals surface area contributed by atoms with E-state index in [1.54, 1.807) is 0 Å². The molecule has 178 valence electrons. The maximum atomic E-state index is 11.6. The molecule has 0 fully saturated rings. The van der Waals surface area contributed by atoms with Gasteiger partial charge in [0.1, 0.15) is 5.75 Å². The van der Waals surface area contributed by atoms with Crippen LogP contribution in [0.4, 0.5) is 0 Å². The van der Waals surface area contributed by atoms with Crippen molar-refractivity contribution in [2.45, 2.75) is 53.6 Å².